The van der Waals surface area contributed by atoms with Crippen molar-refractivity contribution in [3.63, 3.8) is 0 Å². The van der Waals surface area contributed by atoms with Gasteiger partial charge >= 0.3 is 0 Å². The number of hydrogen-bond donors (Lipinski definition) is 1. The Balaban J connectivity index is 1.52. The Hall–Kier alpha value is -3.20. The van der Waals surface area contributed by atoms with Crippen LogP contribution in [0.1, 0.15) is 28.8 Å². The highest BCUT2D eigenvalue weighted by Gasteiger charge is 2.40. The van der Waals surface area contributed by atoms with Gasteiger partial charge in [0, 0.05) is 37.6 Å². The molecule has 0 aliphatic carbocycles. The van der Waals surface area contributed by atoms with Crippen molar-refractivity contribution in [3.8, 4) is 5.75 Å². The minimum absolute atomic E-state index is 0.185. The van der Waals surface area contributed by atoms with Crippen molar-refractivity contribution in [1.82, 2.24) is 24.8 Å². The second-order valence-corrected chi connectivity index (χ2v) is 7.34. The number of carbonyl (C=O) groups is 1. The van der Waals surface area contributed by atoms with Crippen LogP contribution in [0.2, 0.25) is 0 Å². The summed E-state index contributed by atoms with van der Waals surface area (Å²) in [6.45, 7) is 4.26. The summed E-state index contributed by atoms with van der Waals surface area (Å²) in [5.74, 6) is 0.970. The van der Waals surface area contributed by atoms with Crippen LogP contribution in [0.15, 0.2) is 41.2 Å². The molecule has 29 heavy (non-hydrogen) atoms. The maximum Gasteiger partial charge on any atom is 0.231 e. The monoisotopic (exact) mass is 396 g/mol. The van der Waals surface area contributed by atoms with Crippen molar-refractivity contribution < 1.29 is 14.1 Å². The molecule has 0 unspecified atom stereocenters. The fraction of sp³-hybridized carbons (Fsp3) is 0.400. The summed E-state index contributed by atoms with van der Waals surface area (Å²) < 4.78 is 12.7. The van der Waals surface area contributed by atoms with Crippen LogP contribution >= 0.6 is 0 Å². The van der Waals surface area contributed by atoms with Crippen molar-refractivity contribution >= 4 is 5.91 Å². The van der Waals surface area contributed by atoms with E-state index in [-0.39, 0.29) is 17.7 Å². The van der Waals surface area contributed by atoms with E-state index in [1.54, 1.807) is 20.2 Å². The number of methoxy groups -OCH3 is 1. The molecule has 1 fully saturated rings. The zero-order valence-electron chi connectivity index (χ0n) is 16.5. The highest BCUT2D eigenvalue weighted by molar-refractivity contribution is 5.78. The van der Waals surface area contributed by atoms with Crippen LogP contribution < -0.4 is 10.5 Å². The molecule has 1 aliphatic heterocycles. The molecule has 0 bridgehead atoms. The molecule has 9 heteroatoms. The SMILES string of the molecule is COc1ccc(CN2C[C@@H](C(N)=O)[C@H](c3nc(C)no3)C2)cc1Cn1cccn1. The van der Waals surface area contributed by atoms with Gasteiger partial charge in [0.1, 0.15) is 5.75 Å². The van der Waals surface area contributed by atoms with Gasteiger partial charge in [-0.1, -0.05) is 11.2 Å². The van der Waals surface area contributed by atoms with E-state index < -0.39 is 0 Å². The molecule has 4 rings (SSSR count). The van der Waals surface area contributed by atoms with Crippen LogP contribution in [0.25, 0.3) is 0 Å². The third-order valence-electron chi connectivity index (χ3n) is 5.26. The van der Waals surface area contributed by atoms with Crippen LogP contribution in [0.3, 0.4) is 0 Å². The third-order valence-corrected chi connectivity index (χ3v) is 5.26. The van der Waals surface area contributed by atoms with E-state index in [0.29, 0.717) is 37.9 Å². The molecular weight excluding hydrogens is 372 g/mol. The Labute approximate surface area is 168 Å². The van der Waals surface area contributed by atoms with Gasteiger partial charge in [0.25, 0.3) is 0 Å². The fourth-order valence-electron chi connectivity index (χ4n) is 3.90. The lowest BCUT2D eigenvalue weighted by Gasteiger charge is -2.17. The van der Waals surface area contributed by atoms with Gasteiger partial charge in [-0.3, -0.25) is 14.4 Å². The summed E-state index contributed by atoms with van der Waals surface area (Å²) in [7, 11) is 1.66. The molecule has 0 radical (unpaired) electrons. The highest BCUT2D eigenvalue weighted by atomic mass is 16.5. The van der Waals surface area contributed by atoms with Crippen molar-refractivity contribution in [2.24, 2.45) is 11.7 Å². The van der Waals surface area contributed by atoms with Gasteiger partial charge in [0.2, 0.25) is 11.8 Å². The van der Waals surface area contributed by atoms with Gasteiger partial charge in [0.15, 0.2) is 5.82 Å². The van der Waals surface area contributed by atoms with Gasteiger partial charge in [-0.25, -0.2) is 0 Å². The summed E-state index contributed by atoms with van der Waals surface area (Å²) in [4.78, 5) is 18.5. The van der Waals surface area contributed by atoms with E-state index in [2.05, 4.69) is 26.2 Å². The molecular formula is C20H24N6O3. The van der Waals surface area contributed by atoms with Gasteiger partial charge in [-0.2, -0.15) is 10.1 Å². The number of likely N-dealkylation sites (tertiary alicyclic amines) is 1. The van der Waals surface area contributed by atoms with Crippen LogP contribution in [-0.2, 0) is 17.9 Å². The second-order valence-electron chi connectivity index (χ2n) is 7.34. The summed E-state index contributed by atoms with van der Waals surface area (Å²) >= 11 is 0. The predicted octanol–water partition coefficient (Wildman–Crippen LogP) is 1.33. The average molecular weight is 396 g/mol. The van der Waals surface area contributed by atoms with E-state index in [4.69, 9.17) is 15.0 Å². The zero-order valence-corrected chi connectivity index (χ0v) is 16.5. The third kappa shape index (κ3) is 4.14. The smallest absolute Gasteiger partial charge is 0.231 e. The molecule has 2 aromatic heterocycles. The van der Waals surface area contributed by atoms with E-state index >= 15 is 0 Å². The number of nitrogens with zero attached hydrogens (tertiary/aromatic N) is 5. The number of nitrogens with two attached hydrogens (primary N) is 1. The number of ether oxygens (including phenoxy) is 1. The van der Waals surface area contributed by atoms with Gasteiger partial charge in [-0.05, 0) is 30.7 Å². The largest absolute Gasteiger partial charge is 0.496 e. The summed E-state index contributed by atoms with van der Waals surface area (Å²) in [6.07, 6.45) is 3.67. The van der Waals surface area contributed by atoms with Gasteiger partial charge < -0.3 is 15.0 Å². The molecule has 3 heterocycles. The molecule has 2 atom stereocenters. The van der Waals surface area contributed by atoms with Crippen LogP contribution in [0, 0.1) is 12.8 Å². The fourth-order valence-corrected chi connectivity index (χ4v) is 3.90. The molecule has 3 aromatic rings. The number of primary amides is 1. The molecule has 0 spiro atoms. The van der Waals surface area contributed by atoms with Crippen LogP contribution in [0.4, 0.5) is 0 Å². The van der Waals surface area contributed by atoms with Crippen LogP contribution in [-0.4, -0.2) is 50.9 Å². The lowest BCUT2D eigenvalue weighted by Crippen LogP contribution is -2.29. The first-order valence-corrected chi connectivity index (χ1v) is 9.48. The Morgan fingerprint density at radius 3 is 2.86 bits per heavy atom. The quantitative estimate of drug-likeness (QED) is 0.641. The Kier molecular flexibility index (Phi) is 5.30. The summed E-state index contributed by atoms with van der Waals surface area (Å²) in [6, 6.07) is 8.01. The number of carbonyl (C=O) groups excluding carboxylic acids is 1. The standard InChI is InChI=1S/C20H24N6O3/c1-13-23-20(29-24-13)17-12-25(11-16(17)19(21)27)9-14-4-5-18(28-2)15(8-14)10-26-7-3-6-22-26/h3-8,16-17H,9-12H2,1-2H3,(H2,21,27)/t16-,17-/m1/s1. The van der Waals surface area contributed by atoms with E-state index in [1.807, 2.05) is 29.1 Å². The van der Waals surface area contributed by atoms with Crippen molar-refractivity contribution in [2.45, 2.75) is 25.9 Å². The van der Waals surface area contributed by atoms with E-state index in [9.17, 15) is 4.79 Å². The van der Waals surface area contributed by atoms with Gasteiger partial charge in [-0.15, -0.1) is 0 Å². The maximum atomic E-state index is 12.0. The number of hydrogen-bond acceptors (Lipinski definition) is 7. The average Bonchev–Trinajstić information content (AvgIpc) is 3.43. The lowest BCUT2D eigenvalue weighted by molar-refractivity contribution is -0.121. The van der Waals surface area contributed by atoms with Crippen molar-refractivity contribution in [2.75, 3.05) is 20.2 Å². The molecule has 1 amide bonds. The minimum Gasteiger partial charge on any atom is -0.496 e. The lowest BCUT2D eigenvalue weighted by atomic mass is 9.95. The second kappa shape index (κ2) is 8.04. The Bertz CT molecular complexity index is 984. The van der Waals surface area contributed by atoms with Crippen molar-refractivity contribution in [1.29, 1.82) is 0 Å². The normalized spacial score (nSPS) is 19.5. The first-order chi connectivity index (χ1) is 14.0. The molecule has 1 aliphatic rings. The molecule has 152 valence electrons. The summed E-state index contributed by atoms with van der Waals surface area (Å²) in [5, 5.41) is 8.12. The number of aryl methyl sites for hydroxylation is 1. The number of amides is 1. The topological polar surface area (TPSA) is 112 Å². The number of benzene rings is 1. The molecule has 0 saturated carbocycles. The van der Waals surface area contributed by atoms with Crippen LogP contribution in [0.5, 0.6) is 5.75 Å². The molecule has 9 nitrogen and oxygen atoms in total. The predicted molar refractivity (Wildman–Crippen MR) is 104 cm³/mol. The minimum atomic E-state index is -0.350. The maximum absolute atomic E-state index is 12.0. The van der Waals surface area contributed by atoms with Crippen molar-refractivity contribution in [3.05, 3.63) is 59.5 Å². The Morgan fingerprint density at radius 1 is 1.34 bits per heavy atom. The first-order valence-electron chi connectivity index (χ1n) is 9.48. The Morgan fingerprint density at radius 2 is 2.21 bits per heavy atom. The molecule has 1 aromatic carbocycles. The van der Waals surface area contributed by atoms with Gasteiger partial charge in [0.05, 0.1) is 25.5 Å². The molecule has 1 saturated heterocycles. The van der Waals surface area contributed by atoms with E-state index in [1.165, 1.54) is 0 Å². The number of aromatic nitrogens is 4. The first kappa shape index (κ1) is 19.1. The summed E-state index contributed by atoms with van der Waals surface area (Å²) in [5.41, 5.74) is 7.81. The molecule has 2 N–H and O–H groups in total. The zero-order chi connectivity index (χ0) is 20.4. The number of rotatable bonds is 7. The van der Waals surface area contributed by atoms with E-state index in [0.717, 1.165) is 16.9 Å². The highest BCUT2D eigenvalue weighted by Crippen LogP contribution is 2.33.